The van der Waals surface area contributed by atoms with Gasteiger partial charge in [0, 0.05) is 0 Å². The third-order valence-corrected chi connectivity index (χ3v) is 2.73. The van der Waals surface area contributed by atoms with E-state index in [4.69, 9.17) is 16.0 Å². The zero-order valence-electron chi connectivity index (χ0n) is 8.20. The predicted octanol–water partition coefficient (Wildman–Crippen LogP) is -0.637. The number of rotatable bonds is 4. The Kier molecular flexibility index (Phi) is 3.35. The first-order valence-electron chi connectivity index (χ1n) is 4.19. The second kappa shape index (κ2) is 4.37. The molecule has 8 heteroatoms. The number of carboxylic acid groups (broad SMARTS) is 1. The predicted molar refractivity (Wildman–Crippen MR) is 58.9 cm³/mol. The number of carbonyl (C=O) groups is 1. The van der Waals surface area contributed by atoms with Gasteiger partial charge in [0.15, 0.2) is 0 Å². The smallest absolute Gasteiger partial charge is 0.324 e. The van der Waals surface area contributed by atoms with Crippen LogP contribution in [-0.4, -0.2) is 26.0 Å². The molecule has 16 heavy (non-hydrogen) atoms. The summed E-state index contributed by atoms with van der Waals surface area (Å²) in [6, 6.07) is 5.96. The van der Waals surface area contributed by atoms with Crippen LogP contribution in [0.1, 0.15) is 0 Å². The van der Waals surface area contributed by atoms with Crippen molar-refractivity contribution in [3.05, 3.63) is 24.3 Å². The average Bonchev–Trinajstić information content (AvgIpc) is 2.13. The lowest BCUT2D eigenvalue weighted by atomic mass is 10.3. The van der Waals surface area contributed by atoms with Crippen LogP contribution in [0.2, 0.25) is 0 Å². The summed E-state index contributed by atoms with van der Waals surface area (Å²) in [5.41, 5.74) is 5.72. The van der Waals surface area contributed by atoms with Gasteiger partial charge in [0.1, 0.15) is 6.54 Å². The molecule has 0 atom stereocenters. The van der Waals surface area contributed by atoms with E-state index < -0.39 is 22.7 Å². The second-order valence-corrected chi connectivity index (χ2v) is 4.47. The van der Waals surface area contributed by atoms with E-state index in [1.54, 1.807) is 6.07 Å². The molecule has 1 aromatic carbocycles. The summed E-state index contributed by atoms with van der Waals surface area (Å²) in [5.74, 6) is -1.32. The van der Waals surface area contributed by atoms with Gasteiger partial charge in [0.2, 0.25) is 0 Å². The maximum atomic E-state index is 11.2. The number of para-hydroxylation sites is 2. The van der Waals surface area contributed by atoms with Crippen molar-refractivity contribution in [3.8, 4) is 0 Å². The van der Waals surface area contributed by atoms with E-state index in [1.807, 2.05) is 0 Å². The van der Waals surface area contributed by atoms with Crippen molar-refractivity contribution < 1.29 is 18.3 Å². The highest BCUT2D eigenvalue weighted by Gasteiger charge is 2.22. The molecule has 7 nitrogen and oxygen atoms in total. The van der Waals surface area contributed by atoms with Gasteiger partial charge in [-0.05, 0) is 12.1 Å². The number of hydrogen-bond acceptors (Lipinski definition) is 4. The summed E-state index contributed by atoms with van der Waals surface area (Å²) in [6.45, 7) is -0.771. The number of carboxylic acids is 1. The molecule has 0 aliphatic rings. The van der Waals surface area contributed by atoms with Crippen molar-refractivity contribution in [2.75, 3.05) is 16.6 Å². The third-order valence-electron chi connectivity index (χ3n) is 1.79. The summed E-state index contributed by atoms with van der Waals surface area (Å²) in [7, 11) is -4.16. The summed E-state index contributed by atoms with van der Waals surface area (Å²) >= 11 is 0. The molecule has 0 aliphatic carbocycles. The van der Waals surface area contributed by atoms with Crippen LogP contribution in [-0.2, 0) is 15.0 Å². The standard InChI is InChI=1S/C8H11N3O4S/c9-6-3-1-2-4-7(6)11(5-8(12)13)16(10,14)15/h1-4H,5,9H2,(H,12,13)(H2,10,14,15). The summed E-state index contributed by atoms with van der Waals surface area (Å²) < 4.78 is 22.9. The van der Waals surface area contributed by atoms with Gasteiger partial charge in [-0.1, -0.05) is 12.1 Å². The van der Waals surface area contributed by atoms with Gasteiger partial charge in [0.05, 0.1) is 11.4 Å². The van der Waals surface area contributed by atoms with Crippen molar-refractivity contribution in [1.82, 2.24) is 0 Å². The van der Waals surface area contributed by atoms with Crippen molar-refractivity contribution in [2.24, 2.45) is 5.14 Å². The van der Waals surface area contributed by atoms with E-state index in [9.17, 15) is 13.2 Å². The SMILES string of the molecule is Nc1ccccc1N(CC(=O)O)S(N)(=O)=O. The highest BCUT2D eigenvalue weighted by atomic mass is 32.2. The molecule has 5 N–H and O–H groups in total. The molecule has 0 bridgehead atoms. The molecule has 0 unspecified atom stereocenters. The van der Waals surface area contributed by atoms with Crippen molar-refractivity contribution in [2.45, 2.75) is 0 Å². The molecular formula is C8H11N3O4S. The molecule has 1 aromatic rings. The van der Waals surface area contributed by atoms with Gasteiger partial charge >= 0.3 is 5.97 Å². The normalized spacial score (nSPS) is 11.1. The maximum Gasteiger partial charge on any atom is 0.324 e. The van der Waals surface area contributed by atoms with Gasteiger partial charge in [0.25, 0.3) is 10.2 Å². The van der Waals surface area contributed by atoms with Crippen molar-refractivity contribution in [3.63, 3.8) is 0 Å². The number of anilines is 2. The Morgan fingerprint density at radius 3 is 2.38 bits per heavy atom. The third kappa shape index (κ3) is 2.84. The molecule has 0 saturated carbocycles. The van der Waals surface area contributed by atoms with Crippen molar-refractivity contribution in [1.29, 1.82) is 0 Å². The van der Waals surface area contributed by atoms with Crippen molar-refractivity contribution >= 4 is 27.6 Å². The summed E-state index contributed by atoms with van der Waals surface area (Å²) in [6.07, 6.45) is 0. The van der Waals surface area contributed by atoms with Gasteiger partial charge in [-0.25, -0.2) is 9.44 Å². The van der Waals surface area contributed by atoms with Crippen LogP contribution in [0.4, 0.5) is 11.4 Å². The minimum atomic E-state index is -4.16. The van der Waals surface area contributed by atoms with Crippen LogP contribution in [0.15, 0.2) is 24.3 Å². The Hall–Kier alpha value is -1.80. The number of hydrogen-bond donors (Lipinski definition) is 3. The van der Waals surface area contributed by atoms with Gasteiger partial charge in [-0.3, -0.25) is 4.79 Å². The average molecular weight is 245 g/mol. The first kappa shape index (κ1) is 12.3. The largest absolute Gasteiger partial charge is 0.480 e. The van der Waals surface area contributed by atoms with Gasteiger partial charge in [-0.2, -0.15) is 8.42 Å². The molecule has 0 saturated heterocycles. The van der Waals surface area contributed by atoms with Crippen LogP contribution >= 0.6 is 0 Å². The highest BCUT2D eigenvalue weighted by molar-refractivity contribution is 7.90. The fourth-order valence-corrected chi connectivity index (χ4v) is 1.88. The Morgan fingerprint density at radius 2 is 1.94 bits per heavy atom. The van der Waals surface area contributed by atoms with Crippen LogP contribution in [0.5, 0.6) is 0 Å². The zero-order valence-corrected chi connectivity index (χ0v) is 9.02. The van der Waals surface area contributed by atoms with E-state index in [0.29, 0.717) is 4.31 Å². The second-order valence-electron chi connectivity index (χ2n) is 3.00. The fourth-order valence-electron chi connectivity index (χ4n) is 1.15. The quantitative estimate of drug-likeness (QED) is 0.608. The molecule has 0 spiro atoms. The van der Waals surface area contributed by atoms with E-state index in [0.717, 1.165) is 0 Å². The van der Waals surface area contributed by atoms with E-state index >= 15 is 0 Å². The molecule has 0 aliphatic heterocycles. The number of nitrogens with zero attached hydrogens (tertiary/aromatic N) is 1. The summed E-state index contributed by atoms with van der Waals surface area (Å²) in [5, 5.41) is 13.5. The maximum absolute atomic E-state index is 11.2. The molecular weight excluding hydrogens is 234 g/mol. The van der Waals surface area contributed by atoms with Crippen LogP contribution in [0.3, 0.4) is 0 Å². The number of aliphatic carboxylic acids is 1. The lowest BCUT2D eigenvalue weighted by molar-refractivity contribution is -0.135. The Morgan fingerprint density at radius 1 is 1.38 bits per heavy atom. The topological polar surface area (TPSA) is 127 Å². The Balaban J connectivity index is 3.22. The van der Waals surface area contributed by atoms with Gasteiger partial charge < -0.3 is 10.8 Å². The highest BCUT2D eigenvalue weighted by Crippen LogP contribution is 2.23. The van der Waals surface area contributed by atoms with E-state index in [2.05, 4.69) is 0 Å². The van der Waals surface area contributed by atoms with Crippen LogP contribution < -0.4 is 15.2 Å². The minimum absolute atomic E-state index is 0.0485. The van der Waals surface area contributed by atoms with E-state index in [1.165, 1.54) is 18.2 Å². The molecule has 0 fully saturated rings. The summed E-state index contributed by atoms with van der Waals surface area (Å²) in [4.78, 5) is 10.5. The minimum Gasteiger partial charge on any atom is -0.480 e. The van der Waals surface area contributed by atoms with E-state index in [-0.39, 0.29) is 11.4 Å². The number of benzene rings is 1. The first-order valence-corrected chi connectivity index (χ1v) is 5.69. The molecule has 1 rings (SSSR count). The lowest BCUT2D eigenvalue weighted by Crippen LogP contribution is -2.40. The molecule has 0 radical (unpaired) electrons. The first-order chi connectivity index (χ1) is 7.32. The van der Waals surface area contributed by atoms with Crippen LogP contribution in [0, 0.1) is 0 Å². The van der Waals surface area contributed by atoms with Crippen LogP contribution in [0.25, 0.3) is 0 Å². The molecule has 0 aromatic heterocycles. The Labute approximate surface area is 92.5 Å². The molecule has 0 heterocycles. The molecule has 0 amide bonds. The zero-order chi connectivity index (χ0) is 12.3. The number of nitrogen functional groups attached to an aromatic ring is 1. The lowest BCUT2D eigenvalue weighted by Gasteiger charge is -2.20. The number of nitrogens with two attached hydrogens (primary N) is 2. The fraction of sp³-hybridized carbons (Fsp3) is 0.125. The monoisotopic (exact) mass is 245 g/mol. The Bertz CT molecular complexity index is 500. The van der Waals surface area contributed by atoms with Gasteiger partial charge in [-0.15, -0.1) is 0 Å². The molecule has 88 valence electrons.